The van der Waals surface area contributed by atoms with Gasteiger partial charge >= 0.3 is 5.97 Å². The van der Waals surface area contributed by atoms with Gasteiger partial charge in [-0.2, -0.15) is 0 Å². The number of carboxylic acid groups (broad SMARTS) is 1. The summed E-state index contributed by atoms with van der Waals surface area (Å²) in [5, 5.41) is 8.75. The summed E-state index contributed by atoms with van der Waals surface area (Å²) in [6, 6.07) is 13.4. The second-order valence-electron chi connectivity index (χ2n) is 7.39. The topological polar surface area (TPSA) is 92.9 Å². The fraction of sp³-hybridized carbons (Fsp3) is 0.296. The summed E-state index contributed by atoms with van der Waals surface area (Å²) in [6.45, 7) is -0.445. The molecule has 0 bridgehead atoms. The predicted octanol–water partition coefficient (Wildman–Crippen LogP) is 5.03. The smallest absolute Gasteiger partial charge is 0.303 e. The van der Waals surface area contributed by atoms with Crippen LogP contribution in [-0.4, -0.2) is 40.0 Å². The largest absolute Gasteiger partial charge is 0.493 e. The van der Waals surface area contributed by atoms with Crippen LogP contribution in [0.4, 0.5) is 0 Å². The number of pyridine rings is 1. The summed E-state index contributed by atoms with van der Waals surface area (Å²) in [7, 11) is 0. The van der Waals surface area contributed by atoms with Crippen LogP contribution < -0.4 is 4.74 Å². The van der Waals surface area contributed by atoms with Crippen LogP contribution >= 0.6 is 0 Å². The Morgan fingerprint density at radius 2 is 2.00 bits per heavy atom. The number of carboxylic acids is 1. The number of amides is 1. The summed E-state index contributed by atoms with van der Waals surface area (Å²) in [5.74, 6) is 4.99. The van der Waals surface area contributed by atoms with Crippen molar-refractivity contribution >= 4 is 11.9 Å². The molecule has 176 valence electrons. The quantitative estimate of drug-likeness (QED) is 0.300. The van der Waals surface area contributed by atoms with Crippen molar-refractivity contribution in [1.82, 2.24) is 9.88 Å². The lowest BCUT2D eigenvalue weighted by Crippen LogP contribution is -2.31. The Hall–Kier alpha value is -4.05. The van der Waals surface area contributed by atoms with Crippen LogP contribution in [0.1, 0.15) is 51.3 Å². The Kier molecular flexibility index (Phi) is 8.23. The van der Waals surface area contributed by atoms with E-state index in [2.05, 4.69) is 16.8 Å². The molecule has 0 radical (unpaired) electrons. The molecule has 2 aromatic heterocycles. The minimum absolute atomic E-state index is 0.103. The first-order chi connectivity index (χ1) is 17.3. The standard InChI is InChI=1S/C27H28N2O5/c1-2-3-16-29(27(32)21-14-15-23(28-19-21)25-12-9-18-34-25)20-22-10-6-7-11-24(22)33-17-8-4-5-13-26(30)31/h6-7,9-12,14-15,18-19H,4-5,8,13,16-17,20H2,1H3,(H,30,31)/i20D2. The van der Waals surface area contributed by atoms with Gasteiger partial charge in [0.15, 0.2) is 5.76 Å². The van der Waals surface area contributed by atoms with E-state index in [9.17, 15) is 9.59 Å². The van der Waals surface area contributed by atoms with Gasteiger partial charge in [0.2, 0.25) is 0 Å². The molecule has 7 nitrogen and oxygen atoms in total. The summed E-state index contributed by atoms with van der Waals surface area (Å²) in [6.07, 6.45) is 4.88. The van der Waals surface area contributed by atoms with Crippen molar-refractivity contribution in [3.8, 4) is 29.0 Å². The minimum Gasteiger partial charge on any atom is -0.493 e. The molecule has 2 heterocycles. The van der Waals surface area contributed by atoms with Gasteiger partial charge in [-0.3, -0.25) is 14.6 Å². The number of aromatic nitrogens is 1. The van der Waals surface area contributed by atoms with E-state index >= 15 is 0 Å². The van der Waals surface area contributed by atoms with Gasteiger partial charge in [-0.1, -0.05) is 24.1 Å². The van der Waals surface area contributed by atoms with E-state index in [1.54, 1.807) is 55.5 Å². The van der Waals surface area contributed by atoms with Crippen molar-refractivity contribution in [2.45, 2.75) is 39.1 Å². The molecule has 0 spiro atoms. The zero-order valence-electron chi connectivity index (χ0n) is 21.0. The van der Waals surface area contributed by atoms with E-state index in [4.69, 9.17) is 17.0 Å². The van der Waals surface area contributed by atoms with Crippen molar-refractivity contribution in [2.75, 3.05) is 13.2 Å². The molecule has 0 aliphatic heterocycles. The summed E-state index contributed by atoms with van der Waals surface area (Å²) < 4.78 is 29.0. The SMILES string of the molecule is [2H]C([2H])(c1ccccc1OCCCCCC(=O)O)N(CC#CC)C(=O)c1ccc(-c2ccco2)nc1. The number of unbranched alkanes of at least 4 members (excludes halogenated alkanes) is 2. The highest BCUT2D eigenvalue weighted by Gasteiger charge is 2.18. The highest BCUT2D eigenvalue weighted by molar-refractivity contribution is 5.94. The van der Waals surface area contributed by atoms with Gasteiger partial charge in [0, 0.05) is 18.2 Å². The third kappa shape index (κ3) is 7.24. The molecule has 0 unspecified atom stereocenters. The first kappa shape index (κ1) is 21.8. The fourth-order valence-corrected chi connectivity index (χ4v) is 3.13. The average molecular weight is 463 g/mol. The normalized spacial score (nSPS) is 11.6. The van der Waals surface area contributed by atoms with E-state index in [1.165, 1.54) is 12.5 Å². The maximum atomic E-state index is 13.4. The van der Waals surface area contributed by atoms with E-state index in [0.29, 0.717) is 43.1 Å². The highest BCUT2D eigenvalue weighted by atomic mass is 16.5. The monoisotopic (exact) mass is 462 g/mol. The Morgan fingerprint density at radius 1 is 1.15 bits per heavy atom. The van der Waals surface area contributed by atoms with Gasteiger partial charge in [-0.15, -0.1) is 5.92 Å². The minimum atomic E-state index is -2.24. The second kappa shape index (κ2) is 12.9. The summed E-state index contributed by atoms with van der Waals surface area (Å²) in [5.41, 5.74) is 0.965. The van der Waals surface area contributed by atoms with E-state index < -0.39 is 18.4 Å². The Morgan fingerprint density at radius 3 is 2.71 bits per heavy atom. The van der Waals surface area contributed by atoms with Gasteiger partial charge in [-0.05, 0) is 56.5 Å². The molecule has 7 heteroatoms. The molecular formula is C27H28N2O5. The lowest BCUT2D eigenvalue weighted by atomic mass is 10.1. The van der Waals surface area contributed by atoms with Crippen LogP contribution in [0.5, 0.6) is 5.75 Å². The summed E-state index contributed by atoms with van der Waals surface area (Å²) in [4.78, 5) is 29.4. The number of ether oxygens (including phenoxy) is 1. The predicted molar refractivity (Wildman–Crippen MR) is 128 cm³/mol. The van der Waals surface area contributed by atoms with Gasteiger partial charge in [-0.25, -0.2) is 0 Å². The average Bonchev–Trinajstić information content (AvgIpc) is 3.41. The molecule has 3 aromatic rings. The molecule has 0 saturated carbocycles. The van der Waals surface area contributed by atoms with Gasteiger partial charge < -0.3 is 19.2 Å². The third-order valence-electron chi connectivity index (χ3n) is 4.88. The van der Waals surface area contributed by atoms with E-state index in [-0.39, 0.29) is 24.1 Å². The zero-order valence-corrected chi connectivity index (χ0v) is 19.0. The molecule has 0 saturated heterocycles. The number of nitrogens with zero attached hydrogens (tertiary/aromatic N) is 2. The number of aliphatic carboxylic acids is 1. The van der Waals surface area contributed by atoms with Crippen molar-refractivity contribution in [1.29, 1.82) is 0 Å². The number of hydrogen-bond donors (Lipinski definition) is 1. The molecule has 3 rings (SSSR count). The molecule has 1 aromatic carbocycles. The Bertz CT molecular complexity index is 1210. The Labute approximate surface area is 202 Å². The fourth-order valence-electron chi connectivity index (χ4n) is 3.13. The van der Waals surface area contributed by atoms with Crippen LogP contribution in [0.25, 0.3) is 11.5 Å². The van der Waals surface area contributed by atoms with Crippen molar-refractivity contribution in [3.63, 3.8) is 0 Å². The van der Waals surface area contributed by atoms with Gasteiger partial charge in [0.05, 0.1) is 34.2 Å². The number of para-hydroxylation sites is 1. The van der Waals surface area contributed by atoms with Crippen LogP contribution in [0.3, 0.4) is 0 Å². The third-order valence-corrected chi connectivity index (χ3v) is 4.88. The molecule has 0 aliphatic rings. The lowest BCUT2D eigenvalue weighted by molar-refractivity contribution is -0.137. The lowest BCUT2D eigenvalue weighted by Gasteiger charge is -2.22. The molecule has 1 N–H and O–H groups in total. The molecule has 1 amide bonds. The maximum Gasteiger partial charge on any atom is 0.303 e. The number of carbonyl (C=O) groups excluding carboxylic acids is 1. The number of benzene rings is 1. The van der Waals surface area contributed by atoms with Crippen molar-refractivity contribution in [2.24, 2.45) is 0 Å². The summed E-state index contributed by atoms with van der Waals surface area (Å²) >= 11 is 0. The van der Waals surface area contributed by atoms with Gasteiger partial charge in [0.1, 0.15) is 11.4 Å². The van der Waals surface area contributed by atoms with Crippen LogP contribution in [0.15, 0.2) is 65.4 Å². The molecule has 34 heavy (non-hydrogen) atoms. The molecular weight excluding hydrogens is 432 g/mol. The number of hydrogen-bond acceptors (Lipinski definition) is 5. The highest BCUT2D eigenvalue weighted by Crippen LogP contribution is 2.22. The van der Waals surface area contributed by atoms with Crippen molar-refractivity contribution < 1.29 is 26.6 Å². The van der Waals surface area contributed by atoms with Crippen LogP contribution in [0.2, 0.25) is 0 Å². The van der Waals surface area contributed by atoms with Crippen molar-refractivity contribution in [3.05, 3.63) is 72.1 Å². The molecule has 0 atom stereocenters. The Balaban J connectivity index is 1.80. The van der Waals surface area contributed by atoms with Gasteiger partial charge in [0.25, 0.3) is 5.91 Å². The second-order valence-corrected chi connectivity index (χ2v) is 7.39. The van der Waals surface area contributed by atoms with Crippen LogP contribution in [0, 0.1) is 11.8 Å². The number of rotatable bonds is 12. The van der Waals surface area contributed by atoms with Crippen LogP contribution in [-0.2, 0) is 11.3 Å². The molecule has 0 fully saturated rings. The maximum absolute atomic E-state index is 13.4. The molecule has 0 aliphatic carbocycles. The number of carbonyl (C=O) groups is 2. The first-order valence-electron chi connectivity index (χ1n) is 12.0. The van der Waals surface area contributed by atoms with E-state index in [1.807, 2.05) is 0 Å². The first-order valence-corrected chi connectivity index (χ1v) is 11.0. The van der Waals surface area contributed by atoms with E-state index in [0.717, 1.165) is 4.90 Å². The zero-order chi connectivity index (χ0) is 26.0. The number of furan rings is 1.